The van der Waals surface area contributed by atoms with E-state index in [2.05, 4.69) is 5.32 Å². The number of carbonyl (C=O) groups excluding carboxylic acids is 3. The lowest BCUT2D eigenvalue weighted by molar-refractivity contribution is -0.149. The molecular formula is C12H18N2O4. The van der Waals surface area contributed by atoms with Crippen LogP contribution in [0.2, 0.25) is 0 Å². The zero-order valence-electron chi connectivity index (χ0n) is 10.7. The Kier molecular flexibility index (Phi) is 3.38. The van der Waals surface area contributed by atoms with E-state index in [-0.39, 0.29) is 0 Å². The fraction of sp³-hybridized carbons (Fsp3) is 0.750. The molecule has 1 N–H and O–H groups in total. The van der Waals surface area contributed by atoms with Crippen LogP contribution in [0.1, 0.15) is 26.7 Å². The summed E-state index contributed by atoms with van der Waals surface area (Å²) in [6.07, 6.45) is 1.69. The predicted octanol–water partition coefficient (Wildman–Crippen LogP) is 0.518. The monoisotopic (exact) mass is 254 g/mol. The highest BCUT2D eigenvalue weighted by Crippen LogP contribution is 2.25. The minimum absolute atomic E-state index is 0.343. The molecule has 2 fully saturated rings. The molecule has 0 spiro atoms. The van der Waals surface area contributed by atoms with Gasteiger partial charge >= 0.3 is 6.03 Å². The molecule has 6 heteroatoms. The van der Waals surface area contributed by atoms with E-state index in [4.69, 9.17) is 4.74 Å². The third-order valence-corrected chi connectivity index (χ3v) is 3.60. The number of rotatable bonds is 3. The molecule has 0 aliphatic carbocycles. The summed E-state index contributed by atoms with van der Waals surface area (Å²) in [4.78, 5) is 36.4. The Balaban J connectivity index is 2.00. The molecule has 100 valence electrons. The molecule has 2 saturated heterocycles. The van der Waals surface area contributed by atoms with Crippen LogP contribution in [0.3, 0.4) is 0 Å². The van der Waals surface area contributed by atoms with Crippen LogP contribution in [-0.2, 0) is 14.3 Å². The van der Waals surface area contributed by atoms with Crippen molar-refractivity contribution in [2.45, 2.75) is 26.7 Å². The van der Waals surface area contributed by atoms with Gasteiger partial charge in [-0.25, -0.2) is 4.79 Å². The highest BCUT2D eigenvalue weighted by atomic mass is 16.5. The van der Waals surface area contributed by atoms with Gasteiger partial charge in [0.25, 0.3) is 0 Å². The summed E-state index contributed by atoms with van der Waals surface area (Å²) in [5, 5.41) is 2.22. The second-order valence-electron chi connectivity index (χ2n) is 5.36. The van der Waals surface area contributed by atoms with Crippen LogP contribution in [0.4, 0.5) is 4.79 Å². The number of carbonyl (C=O) groups is 3. The highest BCUT2D eigenvalue weighted by molar-refractivity contribution is 6.18. The minimum atomic E-state index is -1.17. The van der Waals surface area contributed by atoms with Gasteiger partial charge in [0.05, 0.1) is 0 Å². The van der Waals surface area contributed by atoms with Gasteiger partial charge in [-0.15, -0.1) is 0 Å². The second kappa shape index (κ2) is 4.68. The van der Waals surface area contributed by atoms with E-state index in [9.17, 15) is 14.4 Å². The first-order chi connectivity index (χ1) is 8.43. The summed E-state index contributed by atoms with van der Waals surface area (Å²) in [5.41, 5.74) is -1.17. The van der Waals surface area contributed by atoms with Gasteiger partial charge in [0, 0.05) is 19.8 Å². The Morgan fingerprint density at radius 3 is 2.72 bits per heavy atom. The molecular weight excluding hydrogens is 236 g/mol. The van der Waals surface area contributed by atoms with Crippen molar-refractivity contribution in [3.05, 3.63) is 0 Å². The maximum atomic E-state index is 12.1. The number of imide groups is 2. The highest BCUT2D eigenvalue weighted by Gasteiger charge is 2.46. The van der Waals surface area contributed by atoms with Crippen molar-refractivity contribution in [3.63, 3.8) is 0 Å². The third-order valence-electron chi connectivity index (χ3n) is 3.60. The van der Waals surface area contributed by atoms with Gasteiger partial charge in [0.2, 0.25) is 11.8 Å². The number of hydrogen-bond donors (Lipinski definition) is 1. The molecule has 2 rings (SSSR count). The van der Waals surface area contributed by atoms with Gasteiger partial charge in [0.15, 0.2) is 0 Å². The SMILES string of the molecule is CC1(C)C(=O)NC(=O)N(CCC2CCOC2)C1=O. The smallest absolute Gasteiger partial charge is 0.330 e. The number of amides is 4. The van der Waals surface area contributed by atoms with Crippen molar-refractivity contribution in [2.24, 2.45) is 11.3 Å². The lowest BCUT2D eigenvalue weighted by atomic mass is 9.88. The van der Waals surface area contributed by atoms with Crippen LogP contribution in [0, 0.1) is 11.3 Å². The molecule has 1 atom stereocenters. The Morgan fingerprint density at radius 2 is 2.11 bits per heavy atom. The van der Waals surface area contributed by atoms with Crippen molar-refractivity contribution in [1.82, 2.24) is 10.2 Å². The standard InChI is InChI=1S/C12H18N2O4/c1-12(2)9(15)13-11(17)14(10(12)16)5-3-8-4-6-18-7-8/h8H,3-7H2,1-2H3,(H,13,15,17). The van der Waals surface area contributed by atoms with Crippen LogP contribution in [0.25, 0.3) is 0 Å². The van der Waals surface area contributed by atoms with E-state index in [1.807, 2.05) is 0 Å². The molecule has 0 aromatic carbocycles. The Morgan fingerprint density at radius 1 is 1.39 bits per heavy atom. The molecule has 2 heterocycles. The van der Waals surface area contributed by atoms with Crippen molar-refractivity contribution in [3.8, 4) is 0 Å². The third kappa shape index (κ3) is 2.25. The summed E-state index contributed by atoms with van der Waals surface area (Å²) < 4.78 is 5.25. The first kappa shape index (κ1) is 13.0. The van der Waals surface area contributed by atoms with Crippen LogP contribution in [-0.4, -0.2) is 42.5 Å². The van der Waals surface area contributed by atoms with Gasteiger partial charge in [-0.1, -0.05) is 0 Å². The summed E-state index contributed by atoms with van der Waals surface area (Å²) in [7, 11) is 0. The van der Waals surface area contributed by atoms with Crippen LogP contribution < -0.4 is 5.32 Å². The Hall–Kier alpha value is -1.43. The molecule has 0 radical (unpaired) electrons. The first-order valence-corrected chi connectivity index (χ1v) is 6.18. The van der Waals surface area contributed by atoms with Gasteiger partial charge in [-0.05, 0) is 32.6 Å². The van der Waals surface area contributed by atoms with Crippen LogP contribution >= 0.6 is 0 Å². The predicted molar refractivity (Wildman–Crippen MR) is 62.6 cm³/mol. The van der Waals surface area contributed by atoms with E-state index >= 15 is 0 Å². The molecule has 18 heavy (non-hydrogen) atoms. The molecule has 1 unspecified atom stereocenters. The molecule has 0 aromatic heterocycles. The van der Waals surface area contributed by atoms with E-state index < -0.39 is 23.3 Å². The Labute approximate surface area is 106 Å². The first-order valence-electron chi connectivity index (χ1n) is 6.18. The average molecular weight is 254 g/mol. The number of barbiturate groups is 1. The van der Waals surface area contributed by atoms with Crippen LogP contribution in [0.15, 0.2) is 0 Å². The molecule has 2 aliphatic heterocycles. The molecule has 2 aliphatic rings. The lowest BCUT2D eigenvalue weighted by Crippen LogP contribution is -2.62. The number of urea groups is 1. The van der Waals surface area contributed by atoms with E-state index in [1.165, 1.54) is 13.8 Å². The quantitative estimate of drug-likeness (QED) is 0.745. The fourth-order valence-corrected chi connectivity index (χ4v) is 2.17. The molecule has 0 aromatic rings. The van der Waals surface area contributed by atoms with Crippen molar-refractivity contribution < 1.29 is 19.1 Å². The summed E-state index contributed by atoms with van der Waals surface area (Å²) in [6.45, 7) is 4.84. The Bertz CT molecular complexity index is 386. The van der Waals surface area contributed by atoms with Crippen molar-refractivity contribution >= 4 is 17.8 Å². The molecule has 0 bridgehead atoms. The van der Waals surface area contributed by atoms with Gasteiger partial charge in [-0.2, -0.15) is 0 Å². The summed E-state index contributed by atoms with van der Waals surface area (Å²) in [5.74, 6) is -0.556. The minimum Gasteiger partial charge on any atom is -0.381 e. The van der Waals surface area contributed by atoms with E-state index in [0.717, 1.165) is 24.3 Å². The second-order valence-corrected chi connectivity index (χ2v) is 5.36. The normalized spacial score (nSPS) is 27.6. The van der Waals surface area contributed by atoms with E-state index in [1.54, 1.807) is 0 Å². The van der Waals surface area contributed by atoms with Gasteiger partial charge in [-0.3, -0.25) is 19.8 Å². The number of nitrogens with zero attached hydrogens (tertiary/aromatic N) is 1. The fourth-order valence-electron chi connectivity index (χ4n) is 2.17. The zero-order chi connectivity index (χ0) is 13.3. The average Bonchev–Trinajstić information content (AvgIpc) is 2.80. The van der Waals surface area contributed by atoms with E-state index in [0.29, 0.717) is 19.1 Å². The number of nitrogens with one attached hydrogen (secondary N) is 1. The number of hydrogen-bond acceptors (Lipinski definition) is 4. The molecule has 6 nitrogen and oxygen atoms in total. The van der Waals surface area contributed by atoms with Gasteiger partial charge in [0.1, 0.15) is 5.41 Å². The zero-order valence-corrected chi connectivity index (χ0v) is 10.7. The molecule has 0 saturated carbocycles. The molecule has 4 amide bonds. The summed E-state index contributed by atoms with van der Waals surface area (Å²) >= 11 is 0. The summed E-state index contributed by atoms with van der Waals surface area (Å²) in [6, 6.07) is -0.608. The topological polar surface area (TPSA) is 75.7 Å². The van der Waals surface area contributed by atoms with Crippen LogP contribution in [0.5, 0.6) is 0 Å². The van der Waals surface area contributed by atoms with Gasteiger partial charge < -0.3 is 4.74 Å². The lowest BCUT2D eigenvalue weighted by Gasteiger charge is -2.34. The van der Waals surface area contributed by atoms with Crippen molar-refractivity contribution in [1.29, 1.82) is 0 Å². The number of ether oxygens (including phenoxy) is 1. The largest absolute Gasteiger partial charge is 0.381 e. The maximum Gasteiger partial charge on any atom is 0.330 e. The maximum absolute atomic E-state index is 12.1. The van der Waals surface area contributed by atoms with Crippen molar-refractivity contribution in [2.75, 3.05) is 19.8 Å².